The summed E-state index contributed by atoms with van der Waals surface area (Å²) < 4.78 is 27.6. The number of amides is 2. The first kappa shape index (κ1) is 25.6. The van der Waals surface area contributed by atoms with E-state index in [-0.39, 0.29) is 23.0 Å². The van der Waals surface area contributed by atoms with Crippen molar-refractivity contribution in [1.29, 1.82) is 0 Å². The van der Waals surface area contributed by atoms with Crippen LogP contribution in [0.2, 0.25) is 0 Å². The molecule has 0 bridgehead atoms. The predicted octanol–water partition coefficient (Wildman–Crippen LogP) is 1.89. The number of hydroxylamine groups is 1. The van der Waals surface area contributed by atoms with Gasteiger partial charge in [0.2, 0.25) is 5.91 Å². The second kappa shape index (κ2) is 11.4. The van der Waals surface area contributed by atoms with Crippen LogP contribution < -0.4 is 11.1 Å². The molecule has 1 aliphatic rings. The van der Waals surface area contributed by atoms with E-state index < -0.39 is 40.7 Å². The lowest BCUT2D eigenvalue weighted by Gasteiger charge is -2.30. The molecular weight excluding hydrogens is 462 g/mol. The molecule has 34 heavy (non-hydrogen) atoms. The number of carbonyl (C=O) groups excluding carboxylic acids is 1. The number of benzene rings is 2. The molecule has 0 unspecified atom stereocenters. The number of sulfonamides is 1. The van der Waals surface area contributed by atoms with Crippen molar-refractivity contribution in [2.75, 3.05) is 6.54 Å². The molecule has 0 radical (unpaired) electrons. The smallest absolute Gasteiger partial charge is 0.404 e. The lowest BCUT2D eigenvalue weighted by Crippen LogP contribution is -2.50. The van der Waals surface area contributed by atoms with Gasteiger partial charge in [-0.1, -0.05) is 53.7 Å². The molecule has 2 amide bonds. The van der Waals surface area contributed by atoms with Crippen LogP contribution in [-0.2, 0) is 21.3 Å². The lowest BCUT2D eigenvalue weighted by atomic mass is 10.0. The van der Waals surface area contributed by atoms with Crippen molar-refractivity contribution in [3.63, 3.8) is 0 Å². The number of hydrogen-bond donors (Lipinski definition) is 4. The number of rotatable bonds is 11. The minimum Gasteiger partial charge on any atom is -0.465 e. The summed E-state index contributed by atoms with van der Waals surface area (Å²) in [7, 11) is -4.31. The molecule has 11 heteroatoms. The summed E-state index contributed by atoms with van der Waals surface area (Å²) in [4.78, 5) is 28.5. The number of primary amides is 1. The Morgan fingerprint density at radius 1 is 1.12 bits per heavy atom. The summed E-state index contributed by atoms with van der Waals surface area (Å²) in [5.74, 6) is -0.783. The molecule has 5 N–H and O–H groups in total. The quantitative estimate of drug-likeness (QED) is 0.349. The SMILES string of the molecule is NC(=O)c1cccc(S(=O)(=O)N(C[C@@H](O)[C@H](Cc2ccccc2)NC(=O)O)OC2CCCC2)c1. The van der Waals surface area contributed by atoms with Gasteiger partial charge in [0.15, 0.2) is 0 Å². The maximum absolute atomic E-state index is 13.4. The molecule has 0 spiro atoms. The molecule has 0 saturated heterocycles. The van der Waals surface area contributed by atoms with Crippen molar-refractivity contribution >= 4 is 22.0 Å². The van der Waals surface area contributed by atoms with Crippen molar-refractivity contribution in [2.24, 2.45) is 5.73 Å². The van der Waals surface area contributed by atoms with Gasteiger partial charge in [-0.3, -0.25) is 9.63 Å². The van der Waals surface area contributed by atoms with E-state index in [0.29, 0.717) is 17.3 Å². The number of aliphatic hydroxyl groups is 1. The van der Waals surface area contributed by atoms with Crippen LogP contribution in [0.5, 0.6) is 0 Å². The first-order valence-corrected chi connectivity index (χ1v) is 12.4. The summed E-state index contributed by atoms with van der Waals surface area (Å²) in [6, 6.07) is 13.2. The molecule has 2 aromatic carbocycles. The van der Waals surface area contributed by atoms with E-state index in [4.69, 9.17) is 10.6 Å². The number of nitrogens with one attached hydrogen (secondary N) is 1. The zero-order chi connectivity index (χ0) is 24.7. The van der Waals surface area contributed by atoms with Crippen molar-refractivity contribution in [3.8, 4) is 0 Å². The van der Waals surface area contributed by atoms with Crippen molar-refractivity contribution in [1.82, 2.24) is 9.79 Å². The Labute approximate surface area is 198 Å². The van der Waals surface area contributed by atoms with Gasteiger partial charge in [0.25, 0.3) is 10.0 Å². The molecule has 184 valence electrons. The first-order chi connectivity index (χ1) is 16.2. The summed E-state index contributed by atoms with van der Waals surface area (Å²) in [6.07, 6.45) is 0.0933. The Morgan fingerprint density at radius 3 is 2.41 bits per heavy atom. The predicted molar refractivity (Wildman–Crippen MR) is 123 cm³/mol. The van der Waals surface area contributed by atoms with Crippen LogP contribution in [0.4, 0.5) is 4.79 Å². The molecule has 2 aromatic rings. The molecule has 1 aliphatic carbocycles. The summed E-state index contributed by atoms with van der Waals surface area (Å²) in [5.41, 5.74) is 6.07. The largest absolute Gasteiger partial charge is 0.465 e. The highest BCUT2D eigenvalue weighted by Crippen LogP contribution is 2.26. The fourth-order valence-corrected chi connectivity index (χ4v) is 5.22. The van der Waals surface area contributed by atoms with Crippen molar-refractivity contribution in [2.45, 2.75) is 55.2 Å². The molecule has 1 fully saturated rings. The van der Waals surface area contributed by atoms with Gasteiger partial charge in [0, 0.05) is 5.56 Å². The molecule has 1 saturated carbocycles. The molecule has 0 aliphatic heterocycles. The Kier molecular flexibility index (Phi) is 8.61. The molecule has 3 rings (SSSR count). The summed E-state index contributed by atoms with van der Waals surface area (Å²) >= 11 is 0. The van der Waals surface area contributed by atoms with Crippen LogP contribution in [-0.4, -0.2) is 59.9 Å². The normalized spacial score (nSPS) is 16.3. The number of nitrogens with zero attached hydrogens (tertiary/aromatic N) is 1. The second-order valence-corrected chi connectivity index (χ2v) is 10.0. The monoisotopic (exact) mass is 491 g/mol. The third-order valence-electron chi connectivity index (χ3n) is 5.66. The van der Waals surface area contributed by atoms with Crippen LogP contribution in [0, 0.1) is 0 Å². The number of nitrogens with two attached hydrogens (primary N) is 1. The Balaban J connectivity index is 1.88. The number of carboxylic acid groups (broad SMARTS) is 1. The average Bonchev–Trinajstić information content (AvgIpc) is 3.32. The van der Waals surface area contributed by atoms with Gasteiger partial charge in [-0.25, -0.2) is 13.2 Å². The highest BCUT2D eigenvalue weighted by atomic mass is 32.2. The molecule has 10 nitrogen and oxygen atoms in total. The first-order valence-electron chi connectivity index (χ1n) is 11.0. The van der Waals surface area contributed by atoms with E-state index >= 15 is 0 Å². The Bertz CT molecular complexity index is 1090. The van der Waals surface area contributed by atoms with Gasteiger partial charge in [0.05, 0.1) is 29.7 Å². The highest BCUT2D eigenvalue weighted by molar-refractivity contribution is 7.89. The summed E-state index contributed by atoms with van der Waals surface area (Å²) in [6.45, 7) is -0.516. The fourth-order valence-electron chi connectivity index (χ4n) is 3.88. The zero-order valence-corrected chi connectivity index (χ0v) is 19.4. The highest BCUT2D eigenvalue weighted by Gasteiger charge is 2.34. The Hall–Kier alpha value is -2.99. The lowest BCUT2D eigenvalue weighted by molar-refractivity contribution is -0.145. The molecule has 2 atom stereocenters. The summed E-state index contributed by atoms with van der Waals surface area (Å²) in [5, 5.41) is 22.5. The maximum atomic E-state index is 13.4. The van der Waals surface area contributed by atoms with E-state index in [9.17, 15) is 28.2 Å². The molecule has 0 heterocycles. The Morgan fingerprint density at radius 2 is 1.79 bits per heavy atom. The minimum absolute atomic E-state index is 0.0111. The standard InChI is InChI=1S/C23H29N3O7S/c24-22(28)17-9-6-12-19(14-17)34(31,32)26(33-18-10-4-5-11-18)15-21(27)20(25-23(29)30)13-16-7-2-1-3-8-16/h1-3,6-9,12,14,18,20-21,25,27H,4-5,10-11,13,15H2,(H2,24,28)(H,29,30)/t20-,21+/m0/s1. The third-order valence-corrected chi connectivity index (χ3v) is 7.28. The van der Waals surface area contributed by atoms with E-state index in [0.717, 1.165) is 24.5 Å². The maximum Gasteiger partial charge on any atom is 0.404 e. The van der Waals surface area contributed by atoms with Crippen LogP contribution in [0.15, 0.2) is 59.5 Å². The topological polar surface area (TPSA) is 159 Å². The average molecular weight is 492 g/mol. The van der Waals surface area contributed by atoms with E-state index in [1.54, 1.807) is 24.3 Å². The van der Waals surface area contributed by atoms with Gasteiger partial charge in [-0.05, 0) is 43.0 Å². The van der Waals surface area contributed by atoms with E-state index in [1.807, 2.05) is 6.07 Å². The number of aliphatic hydroxyl groups excluding tert-OH is 1. The van der Waals surface area contributed by atoms with Gasteiger partial charge in [-0.15, -0.1) is 0 Å². The van der Waals surface area contributed by atoms with Gasteiger partial charge in [0.1, 0.15) is 0 Å². The van der Waals surface area contributed by atoms with Crippen LogP contribution in [0.1, 0.15) is 41.6 Å². The van der Waals surface area contributed by atoms with Crippen molar-refractivity contribution < 1.29 is 33.1 Å². The number of hydrogen-bond acceptors (Lipinski definition) is 6. The van der Waals surface area contributed by atoms with Crippen molar-refractivity contribution in [3.05, 3.63) is 65.7 Å². The number of carbonyl (C=O) groups is 2. The fraction of sp³-hybridized carbons (Fsp3) is 0.391. The van der Waals surface area contributed by atoms with Crippen LogP contribution in [0.25, 0.3) is 0 Å². The molecular formula is C23H29N3O7S. The van der Waals surface area contributed by atoms with Gasteiger partial charge >= 0.3 is 6.09 Å². The van der Waals surface area contributed by atoms with E-state index in [2.05, 4.69) is 5.32 Å². The second-order valence-electron chi connectivity index (χ2n) is 8.21. The molecule has 0 aromatic heterocycles. The van der Waals surface area contributed by atoms with Crippen LogP contribution >= 0.6 is 0 Å². The van der Waals surface area contributed by atoms with E-state index in [1.165, 1.54) is 18.2 Å². The zero-order valence-electron chi connectivity index (χ0n) is 18.5. The minimum atomic E-state index is -4.31. The van der Waals surface area contributed by atoms with Gasteiger partial charge in [-0.2, -0.15) is 0 Å². The van der Waals surface area contributed by atoms with Gasteiger partial charge < -0.3 is 21.3 Å². The van der Waals surface area contributed by atoms with Crippen LogP contribution in [0.3, 0.4) is 0 Å². The third kappa shape index (κ3) is 6.76.